The summed E-state index contributed by atoms with van der Waals surface area (Å²) in [4.78, 5) is 36.9. The summed E-state index contributed by atoms with van der Waals surface area (Å²) in [7, 11) is -1.24. The van der Waals surface area contributed by atoms with Crippen LogP contribution < -0.4 is 5.32 Å². The average Bonchev–Trinajstić information content (AvgIpc) is 3.34. The lowest BCUT2D eigenvalue weighted by Gasteiger charge is -2.31. The molecule has 1 aliphatic rings. The molecule has 1 amide bonds. The van der Waals surface area contributed by atoms with Crippen LogP contribution in [0.4, 0.5) is 5.69 Å². The van der Waals surface area contributed by atoms with E-state index in [4.69, 9.17) is 4.74 Å². The Morgan fingerprint density at radius 2 is 1.87 bits per heavy atom. The van der Waals surface area contributed by atoms with Gasteiger partial charge in [0.15, 0.2) is 0 Å². The molecule has 0 bridgehead atoms. The number of methoxy groups -OCH3 is 2. The molecule has 0 aliphatic carbocycles. The molecule has 0 saturated carbocycles. The van der Waals surface area contributed by atoms with Crippen LogP contribution in [-0.4, -0.2) is 57.9 Å². The smallest absolute Gasteiger partial charge is 0.339 e. The highest BCUT2D eigenvalue weighted by atomic mass is 32.2. The van der Waals surface area contributed by atoms with Gasteiger partial charge in [0.25, 0.3) is 10.0 Å². The summed E-state index contributed by atoms with van der Waals surface area (Å²) < 4.78 is 36.6. The minimum Gasteiger partial charge on any atom is -0.465 e. The first-order chi connectivity index (χ1) is 14.8. The van der Waals surface area contributed by atoms with Crippen LogP contribution in [-0.2, 0) is 24.3 Å². The van der Waals surface area contributed by atoms with Crippen LogP contribution >= 0.6 is 11.3 Å². The fourth-order valence-electron chi connectivity index (χ4n) is 3.33. The first-order valence-corrected chi connectivity index (χ1v) is 11.7. The predicted octanol–water partition coefficient (Wildman–Crippen LogP) is 2.36. The number of carbonyl (C=O) groups is 3. The fraction of sp³-hybridized carbons (Fsp3) is 0.350. The Hall–Kier alpha value is -2.76. The molecule has 1 atom stereocenters. The lowest BCUT2D eigenvalue weighted by atomic mass is 9.98. The van der Waals surface area contributed by atoms with Crippen molar-refractivity contribution in [2.75, 3.05) is 32.6 Å². The van der Waals surface area contributed by atoms with E-state index in [0.717, 1.165) is 11.3 Å². The van der Waals surface area contributed by atoms with Crippen LogP contribution in [0.5, 0.6) is 0 Å². The summed E-state index contributed by atoms with van der Waals surface area (Å²) in [6.45, 7) is 0.353. The maximum Gasteiger partial charge on any atom is 0.339 e. The van der Waals surface area contributed by atoms with E-state index in [1.807, 2.05) is 0 Å². The zero-order chi connectivity index (χ0) is 22.6. The van der Waals surface area contributed by atoms with Crippen molar-refractivity contribution in [1.29, 1.82) is 0 Å². The third kappa shape index (κ3) is 4.94. The minimum absolute atomic E-state index is 0.0241. The first-order valence-electron chi connectivity index (χ1n) is 9.43. The highest BCUT2D eigenvalue weighted by Gasteiger charge is 2.34. The molecule has 3 rings (SSSR count). The standard InChI is InChI=1S/C20H22N2O7S2/c1-28-19(24)13-7-8-15(20(25)29-2)16(11-13)21-18(23)14-5-3-9-22(12-14)31(26,27)17-6-4-10-30-17/h4,6-8,10-11,14H,3,5,9,12H2,1-2H3,(H,21,23)/t14-/m1/s1. The Bertz CT molecular complexity index is 1080. The molecule has 31 heavy (non-hydrogen) atoms. The molecule has 166 valence electrons. The van der Waals surface area contributed by atoms with Gasteiger partial charge in [0.1, 0.15) is 4.21 Å². The summed E-state index contributed by atoms with van der Waals surface area (Å²) in [6.07, 6.45) is 1.02. The van der Waals surface area contributed by atoms with Gasteiger partial charge in [0.05, 0.1) is 37.0 Å². The number of hydrogen-bond acceptors (Lipinski definition) is 8. The van der Waals surface area contributed by atoms with Crippen molar-refractivity contribution in [3.8, 4) is 0 Å². The summed E-state index contributed by atoms with van der Waals surface area (Å²) in [6, 6.07) is 7.28. The van der Waals surface area contributed by atoms with Crippen molar-refractivity contribution < 1.29 is 32.3 Å². The molecule has 1 fully saturated rings. The topological polar surface area (TPSA) is 119 Å². The highest BCUT2D eigenvalue weighted by molar-refractivity contribution is 7.91. The third-order valence-corrected chi connectivity index (χ3v) is 8.19. The van der Waals surface area contributed by atoms with Crippen LogP contribution in [0.3, 0.4) is 0 Å². The van der Waals surface area contributed by atoms with Gasteiger partial charge in [-0.25, -0.2) is 18.0 Å². The second-order valence-corrected chi connectivity index (χ2v) is 9.98. The zero-order valence-corrected chi connectivity index (χ0v) is 18.6. The average molecular weight is 467 g/mol. The zero-order valence-electron chi connectivity index (χ0n) is 17.0. The van der Waals surface area contributed by atoms with E-state index in [2.05, 4.69) is 10.1 Å². The van der Waals surface area contributed by atoms with E-state index in [9.17, 15) is 22.8 Å². The van der Waals surface area contributed by atoms with E-state index < -0.39 is 33.8 Å². The first kappa shape index (κ1) is 22.9. The second-order valence-electron chi connectivity index (χ2n) is 6.87. The number of esters is 2. The number of thiophene rings is 1. The molecule has 1 saturated heterocycles. The summed E-state index contributed by atoms with van der Waals surface area (Å²) in [5, 5.41) is 4.34. The third-order valence-electron chi connectivity index (χ3n) is 4.95. The van der Waals surface area contributed by atoms with Gasteiger partial charge >= 0.3 is 11.9 Å². The number of carbonyl (C=O) groups excluding carboxylic acids is 3. The molecule has 0 unspecified atom stereocenters. The predicted molar refractivity (Wildman–Crippen MR) is 114 cm³/mol. The number of hydrogen-bond donors (Lipinski definition) is 1. The molecule has 1 N–H and O–H groups in total. The van der Waals surface area contributed by atoms with Gasteiger partial charge < -0.3 is 14.8 Å². The summed E-state index contributed by atoms with van der Waals surface area (Å²) >= 11 is 1.12. The molecule has 9 nitrogen and oxygen atoms in total. The Morgan fingerprint density at radius 3 is 2.52 bits per heavy atom. The normalized spacial score (nSPS) is 17.0. The second kappa shape index (κ2) is 9.58. The Balaban J connectivity index is 1.82. The number of benzene rings is 1. The van der Waals surface area contributed by atoms with Gasteiger partial charge in [-0.1, -0.05) is 6.07 Å². The maximum absolute atomic E-state index is 12.9. The van der Waals surface area contributed by atoms with Crippen LogP contribution in [0.15, 0.2) is 39.9 Å². The lowest BCUT2D eigenvalue weighted by molar-refractivity contribution is -0.120. The molecule has 2 heterocycles. The quantitative estimate of drug-likeness (QED) is 0.649. The molecular weight excluding hydrogens is 444 g/mol. The van der Waals surface area contributed by atoms with Gasteiger partial charge in [-0.2, -0.15) is 4.31 Å². The number of nitrogens with one attached hydrogen (secondary N) is 1. The largest absolute Gasteiger partial charge is 0.465 e. The maximum atomic E-state index is 12.9. The number of nitrogens with zero attached hydrogens (tertiary/aromatic N) is 1. The van der Waals surface area contributed by atoms with Crippen molar-refractivity contribution in [2.45, 2.75) is 17.1 Å². The van der Waals surface area contributed by atoms with E-state index >= 15 is 0 Å². The molecule has 1 aromatic carbocycles. The Labute approximate surface area is 184 Å². The molecule has 1 aliphatic heterocycles. The molecule has 0 spiro atoms. The van der Waals surface area contributed by atoms with Gasteiger partial charge in [-0.3, -0.25) is 4.79 Å². The van der Waals surface area contributed by atoms with Gasteiger partial charge in [0.2, 0.25) is 5.91 Å². The number of sulfonamides is 1. The van der Waals surface area contributed by atoms with Crippen molar-refractivity contribution in [1.82, 2.24) is 4.31 Å². The van der Waals surface area contributed by atoms with Crippen LogP contribution in [0.25, 0.3) is 0 Å². The number of anilines is 1. The number of rotatable bonds is 6. The minimum atomic E-state index is -3.67. The molecule has 2 aromatic rings. The van der Waals surface area contributed by atoms with E-state index in [1.54, 1.807) is 11.4 Å². The lowest BCUT2D eigenvalue weighted by Crippen LogP contribution is -2.43. The molecule has 1 aromatic heterocycles. The molecular formula is C20H22N2O7S2. The Kier molecular flexibility index (Phi) is 7.08. The van der Waals surface area contributed by atoms with Crippen molar-refractivity contribution in [3.63, 3.8) is 0 Å². The van der Waals surface area contributed by atoms with Gasteiger partial charge in [-0.15, -0.1) is 11.3 Å². The monoisotopic (exact) mass is 466 g/mol. The number of amides is 1. The van der Waals surface area contributed by atoms with Crippen molar-refractivity contribution >= 4 is 44.9 Å². The summed E-state index contributed by atoms with van der Waals surface area (Å²) in [5.74, 6) is -2.37. The van der Waals surface area contributed by atoms with E-state index in [-0.39, 0.29) is 27.6 Å². The van der Waals surface area contributed by atoms with Gasteiger partial charge in [0, 0.05) is 13.1 Å². The van der Waals surface area contributed by atoms with Crippen molar-refractivity contribution in [3.05, 3.63) is 46.8 Å². The SMILES string of the molecule is COC(=O)c1ccc(C(=O)OC)c(NC(=O)[C@@H]2CCCN(S(=O)(=O)c3cccs3)C2)c1. The summed E-state index contributed by atoms with van der Waals surface area (Å²) in [5.41, 5.74) is 0.316. The van der Waals surface area contributed by atoms with Crippen LogP contribution in [0.1, 0.15) is 33.6 Å². The highest BCUT2D eigenvalue weighted by Crippen LogP contribution is 2.28. The van der Waals surface area contributed by atoms with E-state index in [1.165, 1.54) is 42.8 Å². The fourth-order valence-corrected chi connectivity index (χ4v) is 6.00. The van der Waals surface area contributed by atoms with Crippen molar-refractivity contribution in [2.24, 2.45) is 5.92 Å². The Morgan fingerprint density at radius 1 is 1.13 bits per heavy atom. The number of piperidine rings is 1. The van der Waals surface area contributed by atoms with E-state index in [0.29, 0.717) is 19.4 Å². The van der Waals surface area contributed by atoms with Crippen LogP contribution in [0, 0.1) is 5.92 Å². The molecule has 0 radical (unpaired) electrons. The van der Waals surface area contributed by atoms with Crippen LogP contribution in [0.2, 0.25) is 0 Å². The number of ether oxygens (including phenoxy) is 2. The molecule has 11 heteroatoms. The van der Waals surface area contributed by atoms with Gasteiger partial charge in [-0.05, 0) is 42.5 Å².